The summed E-state index contributed by atoms with van der Waals surface area (Å²) in [5.41, 5.74) is 5.51. The lowest BCUT2D eigenvalue weighted by Crippen LogP contribution is -2.44. The molecule has 1 fully saturated rings. The third-order valence-electron chi connectivity index (χ3n) is 2.46. The molecule has 0 aromatic rings. The molecule has 7 heteroatoms. The third kappa shape index (κ3) is 9.66. The fourth-order valence-electron chi connectivity index (χ4n) is 1.36. The molecule has 4 N–H and O–H groups in total. The Balaban J connectivity index is 0.000000325. The number of hydrogen-bond acceptors (Lipinski definition) is 6. The van der Waals surface area contributed by atoms with Crippen molar-refractivity contribution in [2.24, 2.45) is 11.7 Å². The zero-order valence-electron chi connectivity index (χ0n) is 11.4. The van der Waals surface area contributed by atoms with E-state index >= 15 is 0 Å². The van der Waals surface area contributed by atoms with Crippen LogP contribution in [0.5, 0.6) is 0 Å². The topological polar surface area (TPSA) is 77.8 Å². The highest BCUT2D eigenvalue weighted by Crippen LogP contribution is 2.06. The third-order valence-corrected chi connectivity index (χ3v) is 3.62. The Morgan fingerprint density at radius 2 is 1.82 bits per heavy atom. The molecule has 0 aliphatic carbocycles. The zero-order chi connectivity index (χ0) is 13.1. The molecule has 1 heterocycles. The Bertz CT molecular complexity index is 161. The predicted octanol–water partition coefficient (Wildman–Crippen LogP) is -0.867. The number of nitrogens with two attached hydrogens (primary N) is 1. The maximum absolute atomic E-state index is 5.51. The van der Waals surface area contributed by atoms with E-state index in [0.29, 0.717) is 0 Å². The molecular formula is C10H27N3O3Si. The Morgan fingerprint density at radius 3 is 2.06 bits per heavy atom. The van der Waals surface area contributed by atoms with Crippen LogP contribution in [-0.2, 0) is 13.3 Å². The van der Waals surface area contributed by atoms with Crippen LogP contribution in [0.2, 0.25) is 0 Å². The van der Waals surface area contributed by atoms with Crippen molar-refractivity contribution in [3.63, 3.8) is 0 Å². The van der Waals surface area contributed by atoms with Gasteiger partial charge in [0.2, 0.25) is 0 Å². The lowest BCUT2D eigenvalue weighted by Gasteiger charge is -2.27. The van der Waals surface area contributed by atoms with Gasteiger partial charge in [-0.15, -0.1) is 0 Å². The molecule has 1 aliphatic rings. The van der Waals surface area contributed by atoms with E-state index < -0.39 is 9.53 Å². The lowest BCUT2D eigenvalue weighted by atomic mass is 10.00. The average Bonchev–Trinajstić information content (AvgIpc) is 2.25. The molecule has 0 spiro atoms. The van der Waals surface area contributed by atoms with Gasteiger partial charge in [-0.25, -0.2) is 0 Å². The summed E-state index contributed by atoms with van der Waals surface area (Å²) >= 11 is 0. The van der Waals surface area contributed by atoms with Crippen molar-refractivity contribution in [1.29, 1.82) is 0 Å². The molecular weight excluding hydrogens is 238 g/mol. The summed E-state index contributed by atoms with van der Waals surface area (Å²) in [7, 11) is 3.05. The normalized spacial score (nSPS) is 17.3. The van der Waals surface area contributed by atoms with Crippen LogP contribution in [0.3, 0.4) is 0 Å². The first-order valence-corrected chi connectivity index (χ1v) is 7.33. The molecule has 1 saturated heterocycles. The van der Waals surface area contributed by atoms with Gasteiger partial charge in [0.05, 0.1) is 6.17 Å². The van der Waals surface area contributed by atoms with Gasteiger partial charge in [0.1, 0.15) is 0 Å². The fourth-order valence-corrected chi connectivity index (χ4v) is 1.93. The summed E-state index contributed by atoms with van der Waals surface area (Å²) < 4.78 is 14.2. The van der Waals surface area contributed by atoms with Gasteiger partial charge < -0.3 is 29.6 Å². The monoisotopic (exact) mass is 265 g/mol. The number of nitrogens with one attached hydrogen (secondary N) is 2. The smallest absolute Gasteiger partial charge is 0.379 e. The second kappa shape index (κ2) is 11.1. The summed E-state index contributed by atoms with van der Waals surface area (Å²) in [6.07, 6.45) is 1.40. The Hall–Kier alpha value is -0.0231. The van der Waals surface area contributed by atoms with Gasteiger partial charge >= 0.3 is 9.53 Å². The molecule has 1 atom stereocenters. The van der Waals surface area contributed by atoms with Crippen LogP contribution in [0, 0.1) is 5.92 Å². The molecule has 1 unspecified atom stereocenters. The van der Waals surface area contributed by atoms with Gasteiger partial charge in [-0.1, -0.05) is 0 Å². The first-order chi connectivity index (χ1) is 8.13. The highest BCUT2D eigenvalue weighted by Gasteiger charge is 2.15. The summed E-state index contributed by atoms with van der Waals surface area (Å²) in [5.74, 6) is 0.895. The SMILES string of the molecule is CC(N)NCCC1CNC1.CO[SiH](OC)OC. The van der Waals surface area contributed by atoms with E-state index in [0.717, 1.165) is 12.5 Å². The molecule has 6 nitrogen and oxygen atoms in total. The molecule has 1 rings (SSSR count). The van der Waals surface area contributed by atoms with Crippen LogP contribution in [0.4, 0.5) is 0 Å². The van der Waals surface area contributed by atoms with Crippen molar-refractivity contribution in [2.45, 2.75) is 19.5 Å². The molecule has 0 aromatic carbocycles. The van der Waals surface area contributed by atoms with Gasteiger partial charge in [-0.2, -0.15) is 0 Å². The number of rotatable bonds is 7. The highest BCUT2D eigenvalue weighted by atomic mass is 28.3. The van der Waals surface area contributed by atoms with E-state index in [1.54, 1.807) is 21.3 Å². The van der Waals surface area contributed by atoms with Gasteiger partial charge in [-0.3, -0.25) is 0 Å². The van der Waals surface area contributed by atoms with Crippen LogP contribution in [-0.4, -0.2) is 56.7 Å². The Kier molecular flexibility index (Phi) is 11.1. The predicted molar refractivity (Wildman–Crippen MR) is 70.8 cm³/mol. The van der Waals surface area contributed by atoms with Crippen molar-refractivity contribution in [1.82, 2.24) is 10.6 Å². The zero-order valence-corrected chi connectivity index (χ0v) is 12.5. The van der Waals surface area contributed by atoms with E-state index in [4.69, 9.17) is 19.0 Å². The van der Waals surface area contributed by atoms with Crippen LogP contribution in [0.15, 0.2) is 0 Å². The molecule has 0 radical (unpaired) electrons. The second-order valence-electron chi connectivity index (χ2n) is 4.05. The van der Waals surface area contributed by atoms with E-state index in [-0.39, 0.29) is 6.17 Å². The summed E-state index contributed by atoms with van der Waals surface area (Å²) in [6, 6.07) is 0. The van der Waals surface area contributed by atoms with E-state index in [1.807, 2.05) is 6.92 Å². The van der Waals surface area contributed by atoms with Crippen LogP contribution >= 0.6 is 0 Å². The van der Waals surface area contributed by atoms with E-state index in [1.165, 1.54) is 19.5 Å². The van der Waals surface area contributed by atoms with Crippen molar-refractivity contribution >= 4 is 9.53 Å². The largest absolute Gasteiger partial charge is 0.483 e. The first kappa shape index (κ1) is 17.0. The molecule has 104 valence electrons. The average molecular weight is 265 g/mol. The van der Waals surface area contributed by atoms with Gasteiger partial charge in [-0.05, 0) is 38.9 Å². The van der Waals surface area contributed by atoms with Crippen LogP contribution < -0.4 is 16.4 Å². The van der Waals surface area contributed by atoms with Crippen molar-refractivity contribution < 1.29 is 13.3 Å². The first-order valence-electron chi connectivity index (χ1n) is 5.92. The standard InChI is InChI=1S/C7H17N3.C3H10O3Si/c1-6(8)10-3-2-7-4-9-5-7;1-4-7(5-2)6-3/h6-7,9-10H,2-5,8H2,1H3;7H,1-3H3. The summed E-state index contributed by atoms with van der Waals surface area (Å²) in [5, 5.41) is 6.43. The summed E-state index contributed by atoms with van der Waals surface area (Å²) in [4.78, 5) is 0. The molecule has 0 bridgehead atoms. The van der Waals surface area contributed by atoms with Gasteiger partial charge in [0, 0.05) is 21.3 Å². The van der Waals surface area contributed by atoms with Crippen LogP contribution in [0.1, 0.15) is 13.3 Å². The fraction of sp³-hybridized carbons (Fsp3) is 1.00. The quantitative estimate of drug-likeness (QED) is 0.410. The maximum atomic E-state index is 5.51. The maximum Gasteiger partial charge on any atom is 0.483 e. The second-order valence-corrected chi connectivity index (χ2v) is 6.04. The van der Waals surface area contributed by atoms with Crippen molar-refractivity contribution in [3.05, 3.63) is 0 Å². The van der Waals surface area contributed by atoms with E-state index in [2.05, 4.69) is 10.6 Å². The molecule has 0 aromatic heterocycles. The Labute approximate surface area is 106 Å². The molecule has 0 amide bonds. The van der Waals surface area contributed by atoms with E-state index in [9.17, 15) is 0 Å². The molecule has 1 aliphatic heterocycles. The van der Waals surface area contributed by atoms with Gasteiger partial charge in [0.15, 0.2) is 0 Å². The lowest BCUT2D eigenvalue weighted by molar-refractivity contribution is 0.163. The summed E-state index contributed by atoms with van der Waals surface area (Å²) in [6.45, 7) is 5.42. The molecule has 17 heavy (non-hydrogen) atoms. The molecule has 0 saturated carbocycles. The Morgan fingerprint density at radius 1 is 1.29 bits per heavy atom. The minimum Gasteiger partial charge on any atom is -0.379 e. The van der Waals surface area contributed by atoms with Crippen LogP contribution in [0.25, 0.3) is 0 Å². The minimum atomic E-state index is -1.67. The van der Waals surface area contributed by atoms with Crippen molar-refractivity contribution in [2.75, 3.05) is 41.0 Å². The minimum absolute atomic E-state index is 0.146. The number of hydrogen-bond donors (Lipinski definition) is 3. The van der Waals surface area contributed by atoms with Crippen molar-refractivity contribution in [3.8, 4) is 0 Å². The highest BCUT2D eigenvalue weighted by molar-refractivity contribution is 6.36. The van der Waals surface area contributed by atoms with Gasteiger partial charge in [0.25, 0.3) is 0 Å².